The minimum Gasteiger partial charge on any atom is -0.427 e. The maximum atomic E-state index is 11.5. The van der Waals surface area contributed by atoms with Crippen LogP contribution in [-0.2, 0) is 4.79 Å². The maximum Gasteiger partial charge on any atom is 0.308 e. The topological polar surface area (TPSA) is 55.4 Å². The van der Waals surface area contributed by atoms with Gasteiger partial charge in [-0.05, 0) is 18.2 Å². The van der Waals surface area contributed by atoms with Crippen molar-refractivity contribution >= 4 is 11.9 Å². The molecule has 0 aliphatic carbocycles. The maximum absolute atomic E-state index is 11.5. The van der Waals surface area contributed by atoms with Gasteiger partial charge in [0.1, 0.15) is 5.75 Å². The second kappa shape index (κ2) is 5.56. The van der Waals surface area contributed by atoms with Gasteiger partial charge >= 0.3 is 5.97 Å². The molecule has 1 N–H and O–H groups in total. The zero-order chi connectivity index (χ0) is 12.0. The molecular weight excluding hydrogens is 206 g/mol. The van der Waals surface area contributed by atoms with Gasteiger partial charge in [-0.1, -0.05) is 12.0 Å². The van der Waals surface area contributed by atoms with E-state index in [0.717, 1.165) is 0 Å². The van der Waals surface area contributed by atoms with Crippen LogP contribution >= 0.6 is 0 Å². The molecule has 0 aliphatic rings. The van der Waals surface area contributed by atoms with E-state index in [0.29, 0.717) is 11.3 Å². The largest absolute Gasteiger partial charge is 0.427 e. The van der Waals surface area contributed by atoms with Gasteiger partial charge in [0.05, 0.1) is 6.54 Å². The minimum atomic E-state index is -0.429. The van der Waals surface area contributed by atoms with Crippen LogP contribution in [0.3, 0.4) is 0 Å². The number of hydrogen-bond acceptors (Lipinski definition) is 3. The standard InChI is InChI=1S/C12H11NO3/c1-3-7-13-12(15)10-5-4-6-11(8-10)16-9(2)14/h1,4-6,8H,7H2,2H3,(H,13,15). The average molecular weight is 217 g/mol. The monoisotopic (exact) mass is 217 g/mol. The molecule has 0 fully saturated rings. The Morgan fingerprint density at radius 1 is 1.50 bits per heavy atom. The molecule has 1 aromatic rings. The predicted molar refractivity (Wildman–Crippen MR) is 58.9 cm³/mol. The number of amides is 1. The molecule has 1 rings (SSSR count). The Kier molecular flexibility index (Phi) is 4.10. The second-order valence-corrected chi connectivity index (χ2v) is 3.01. The highest BCUT2D eigenvalue weighted by atomic mass is 16.5. The highest BCUT2D eigenvalue weighted by Gasteiger charge is 2.06. The van der Waals surface area contributed by atoms with E-state index in [4.69, 9.17) is 11.2 Å². The summed E-state index contributed by atoms with van der Waals surface area (Å²) in [4.78, 5) is 22.2. The van der Waals surface area contributed by atoms with Gasteiger partial charge in [0.25, 0.3) is 5.91 Å². The lowest BCUT2D eigenvalue weighted by Gasteiger charge is -2.04. The third-order valence-electron chi connectivity index (χ3n) is 1.71. The lowest BCUT2D eigenvalue weighted by molar-refractivity contribution is -0.131. The van der Waals surface area contributed by atoms with Crippen molar-refractivity contribution in [3.8, 4) is 18.1 Å². The van der Waals surface area contributed by atoms with Crippen molar-refractivity contribution in [3.63, 3.8) is 0 Å². The van der Waals surface area contributed by atoms with E-state index in [9.17, 15) is 9.59 Å². The van der Waals surface area contributed by atoms with E-state index in [2.05, 4.69) is 11.2 Å². The molecule has 0 aromatic heterocycles. The van der Waals surface area contributed by atoms with Crippen LogP contribution in [0.1, 0.15) is 17.3 Å². The molecule has 0 unspecified atom stereocenters. The van der Waals surface area contributed by atoms with Crippen LogP contribution < -0.4 is 10.1 Å². The Hall–Kier alpha value is -2.28. The Labute approximate surface area is 93.6 Å². The number of carbonyl (C=O) groups is 2. The molecule has 0 heterocycles. The van der Waals surface area contributed by atoms with Gasteiger partial charge in [-0.2, -0.15) is 0 Å². The summed E-state index contributed by atoms with van der Waals surface area (Å²) in [5.74, 6) is 1.90. The molecule has 16 heavy (non-hydrogen) atoms. The summed E-state index contributed by atoms with van der Waals surface area (Å²) in [6.07, 6.45) is 5.02. The average Bonchev–Trinajstić information content (AvgIpc) is 2.25. The Morgan fingerprint density at radius 2 is 2.25 bits per heavy atom. The van der Waals surface area contributed by atoms with Gasteiger partial charge in [-0.25, -0.2) is 0 Å². The van der Waals surface area contributed by atoms with Crippen molar-refractivity contribution in [2.75, 3.05) is 6.54 Å². The van der Waals surface area contributed by atoms with Gasteiger partial charge in [-0.15, -0.1) is 6.42 Å². The predicted octanol–water partition coefficient (Wildman–Crippen LogP) is 0.975. The Balaban J connectivity index is 2.78. The van der Waals surface area contributed by atoms with Gasteiger partial charge in [0, 0.05) is 12.5 Å². The lowest BCUT2D eigenvalue weighted by Crippen LogP contribution is -2.23. The molecule has 0 saturated carbocycles. The van der Waals surface area contributed by atoms with Gasteiger partial charge in [0.15, 0.2) is 0 Å². The fraction of sp³-hybridized carbons (Fsp3) is 0.167. The fourth-order valence-electron chi connectivity index (χ4n) is 1.10. The van der Waals surface area contributed by atoms with Gasteiger partial charge < -0.3 is 10.1 Å². The fourth-order valence-corrected chi connectivity index (χ4v) is 1.10. The highest BCUT2D eigenvalue weighted by molar-refractivity contribution is 5.94. The van der Waals surface area contributed by atoms with E-state index in [-0.39, 0.29) is 12.5 Å². The lowest BCUT2D eigenvalue weighted by atomic mass is 10.2. The van der Waals surface area contributed by atoms with Crippen LogP contribution in [0.2, 0.25) is 0 Å². The second-order valence-electron chi connectivity index (χ2n) is 3.01. The number of ether oxygens (including phenoxy) is 1. The van der Waals surface area contributed by atoms with Crippen LogP contribution in [-0.4, -0.2) is 18.4 Å². The zero-order valence-electron chi connectivity index (χ0n) is 8.82. The summed E-state index contributed by atoms with van der Waals surface area (Å²) in [6, 6.07) is 6.31. The number of nitrogens with one attached hydrogen (secondary N) is 1. The number of terminal acetylenes is 1. The first kappa shape index (κ1) is 11.8. The summed E-state index contributed by atoms with van der Waals surface area (Å²) in [5.41, 5.74) is 0.397. The van der Waals surface area contributed by atoms with Crippen molar-refractivity contribution in [2.45, 2.75) is 6.92 Å². The van der Waals surface area contributed by atoms with Crippen molar-refractivity contribution in [2.24, 2.45) is 0 Å². The number of benzene rings is 1. The van der Waals surface area contributed by atoms with Crippen LogP contribution in [0.25, 0.3) is 0 Å². The molecule has 1 amide bonds. The number of rotatable bonds is 3. The third kappa shape index (κ3) is 3.46. The molecular formula is C12H11NO3. The first-order valence-electron chi connectivity index (χ1n) is 4.63. The Morgan fingerprint density at radius 3 is 2.88 bits per heavy atom. The zero-order valence-corrected chi connectivity index (χ0v) is 8.82. The van der Waals surface area contributed by atoms with E-state index in [1.807, 2.05) is 0 Å². The Bertz CT molecular complexity index is 446. The van der Waals surface area contributed by atoms with E-state index in [1.165, 1.54) is 13.0 Å². The molecule has 0 aliphatic heterocycles. The molecule has 0 radical (unpaired) electrons. The third-order valence-corrected chi connectivity index (χ3v) is 1.71. The molecule has 4 heteroatoms. The van der Waals surface area contributed by atoms with Crippen molar-refractivity contribution in [3.05, 3.63) is 29.8 Å². The summed E-state index contributed by atoms with van der Waals surface area (Å²) in [6.45, 7) is 1.46. The van der Waals surface area contributed by atoms with Crippen molar-refractivity contribution in [1.82, 2.24) is 5.32 Å². The van der Waals surface area contributed by atoms with Gasteiger partial charge in [0.2, 0.25) is 0 Å². The number of carbonyl (C=O) groups excluding carboxylic acids is 2. The van der Waals surface area contributed by atoms with E-state index < -0.39 is 5.97 Å². The van der Waals surface area contributed by atoms with Crippen LogP contribution in [0, 0.1) is 12.3 Å². The highest BCUT2D eigenvalue weighted by Crippen LogP contribution is 2.13. The summed E-state index contributed by atoms with van der Waals surface area (Å²) in [7, 11) is 0. The SMILES string of the molecule is C#CCNC(=O)c1cccc(OC(C)=O)c1. The van der Waals surface area contributed by atoms with Crippen molar-refractivity contribution in [1.29, 1.82) is 0 Å². The summed E-state index contributed by atoms with van der Waals surface area (Å²) >= 11 is 0. The molecule has 0 bridgehead atoms. The molecule has 0 spiro atoms. The van der Waals surface area contributed by atoms with Gasteiger partial charge in [-0.3, -0.25) is 9.59 Å². The van der Waals surface area contributed by atoms with Crippen molar-refractivity contribution < 1.29 is 14.3 Å². The molecule has 0 saturated heterocycles. The number of esters is 1. The molecule has 82 valence electrons. The van der Waals surface area contributed by atoms with Crippen LogP contribution in [0.5, 0.6) is 5.75 Å². The number of hydrogen-bond donors (Lipinski definition) is 1. The molecule has 4 nitrogen and oxygen atoms in total. The smallest absolute Gasteiger partial charge is 0.308 e. The van der Waals surface area contributed by atoms with Crippen LogP contribution in [0.4, 0.5) is 0 Å². The normalized spacial score (nSPS) is 9.00. The van der Waals surface area contributed by atoms with E-state index >= 15 is 0 Å². The quantitative estimate of drug-likeness (QED) is 0.466. The van der Waals surface area contributed by atoms with E-state index in [1.54, 1.807) is 18.2 Å². The summed E-state index contributed by atoms with van der Waals surface area (Å²) in [5, 5.41) is 2.51. The molecule has 1 aromatic carbocycles. The van der Waals surface area contributed by atoms with Crippen LogP contribution in [0.15, 0.2) is 24.3 Å². The molecule has 0 atom stereocenters. The first-order valence-corrected chi connectivity index (χ1v) is 4.63. The first-order chi connectivity index (χ1) is 7.63. The summed E-state index contributed by atoms with van der Waals surface area (Å²) < 4.78 is 4.85. The minimum absolute atomic E-state index is 0.163.